The number of esters is 1. The van der Waals surface area contributed by atoms with Gasteiger partial charge in [-0.3, -0.25) is 0 Å². The van der Waals surface area contributed by atoms with Gasteiger partial charge in [0.05, 0.1) is 25.0 Å². The minimum atomic E-state index is -0.320. The van der Waals surface area contributed by atoms with Crippen molar-refractivity contribution in [1.29, 1.82) is 0 Å². The maximum atomic E-state index is 11.6. The van der Waals surface area contributed by atoms with Crippen LogP contribution in [0.4, 0.5) is 0 Å². The molecule has 4 heteroatoms. The van der Waals surface area contributed by atoms with E-state index >= 15 is 0 Å². The fourth-order valence-electron chi connectivity index (χ4n) is 2.56. The van der Waals surface area contributed by atoms with Crippen LogP contribution in [-0.2, 0) is 15.9 Å². The number of fused-ring (bicyclic) bond motifs is 1. The third-order valence-corrected chi connectivity index (χ3v) is 3.66. The molecule has 0 saturated heterocycles. The summed E-state index contributed by atoms with van der Waals surface area (Å²) >= 11 is 0. The number of carbonyl (C=O) groups is 1. The average molecular weight is 304 g/mol. The molecule has 0 saturated carbocycles. The molecule has 2 rings (SSSR count). The molecule has 0 amide bonds. The highest BCUT2D eigenvalue weighted by Crippen LogP contribution is 2.31. The van der Waals surface area contributed by atoms with Crippen LogP contribution < -0.4 is 4.74 Å². The number of methoxy groups -OCH3 is 1. The van der Waals surface area contributed by atoms with E-state index in [0.717, 1.165) is 42.8 Å². The van der Waals surface area contributed by atoms with Gasteiger partial charge >= 0.3 is 5.97 Å². The number of carbonyl (C=O) groups excluding carboxylic acids is 1. The van der Waals surface area contributed by atoms with Crippen LogP contribution in [0.5, 0.6) is 5.75 Å². The van der Waals surface area contributed by atoms with Crippen LogP contribution in [-0.4, -0.2) is 25.8 Å². The SMILES string of the molecule is CCCC/C(=C\C1Cc2cc(C(=O)OC)ccc2O1)OCC. The minimum Gasteiger partial charge on any atom is -0.498 e. The summed E-state index contributed by atoms with van der Waals surface area (Å²) in [5, 5.41) is 0. The predicted octanol–water partition coefficient (Wildman–Crippen LogP) is 3.89. The third kappa shape index (κ3) is 4.03. The lowest BCUT2D eigenvalue weighted by Crippen LogP contribution is -2.11. The van der Waals surface area contributed by atoms with Crippen LogP contribution in [0.3, 0.4) is 0 Å². The van der Waals surface area contributed by atoms with Crippen LogP contribution in [0.25, 0.3) is 0 Å². The summed E-state index contributed by atoms with van der Waals surface area (Å²) in [5.41, 5.74) is 1.60. The van der Waals surface area contributed by atoms with Crippen molar-refractivity contribution in [1.82, 2.24) is 0 Å². The largest absolute Gasteiger partial charge is 0.498 e. The zero-order valence-electron chi connectivity index (χ0n) is 13.6. The second kappa shape index (κ2) is 7.87. The molecule has 1 aromatic carbocycles. The fraction of sp³-hybridized carbons (Fsp3) is 0.500. The smallest absolute Gasteiger partial charge is 0.337 e. The first kappa shape index (κ1) is 16.4. The molecule has 1 aromatic rings. The van der Waals surface area contributed by atoms with E-state index in [1.165, 1.54) is 7.11 Å². The number of unbranched alkanes of at least 4 members (excludes halogenated alkanes) is 1. The van der Waals surface area contributed by atoms with Gasteiger partial charge in [-0.05, 0) is 43.2 Å². The molecule has 1 atom stereocenters. The quantitative estimate of drug-likeness (QED) is 0.566. The number of hydrogen-bond donors (Lipinski definition) is 0. The van der Waals surface area contributed by atoms with Crippen LogP contribution in [0.2, 0.25) is 0 Å². The van der Waals surface area contributed by atoms with E-state index in [2.05, 4.69) is 13.0 Å². The lowest BCUT2D eigenvalue weighted by molar-refractivity contribution is 0.0600. The Morgan fingerprint density at radius 2 is 2.23 bits per heavy atom. The van der Waals surface area contributed by atoms with Crippen LogP contribution in [0.1, 0.15) is 49.0 Å². The third-order valence-electron chi connectivity index (χ3n) is 3.66. The van der Waals surface area contributed by atoms with Crippen molar-refractivity contribution in [2.24, 2.45) is 0 Å². The van der Waals surface area contributed by atoms with Gasteiger partial charge in [-0.2, -0.15) is 0 Å². The van der Waals surface area contributed by atoms with Crippen molar-refractivity contribution in [3.8, 4) is 5.75 Å². The Labute approximate surface area is 132 Å². The van der Waals surface area contributed by atoms with Gasteiger partial charge in [0.25, 0.3) is 0 Å². The van der Waals surface area contributed by atoms with Crippen molar-refractivity contribution in [3.63, 3.8) is 0 Å². The molecule has 0 fully saturated rings. The molecule has 1 heterocycles. The molecule has 0 bridgehead atoms. The minimum absolute atomic E-state index is 0.0266. The topological polar surface area (TPSA) is 44.8 Å². The highest BCUT2D eigenvalue weighted by molar-refractivity contribution is 5.89. The first-order valence-corrected chi connectivity index (χ1v) is 7.89. The molecule has 22 heavy (non-hydrogen) atoms. The summed E-state index contributed by atoms with van der Waals surface area (Å²) in [6.45, 7) is 4.83. The molecule has 4 nitrogen and oxygen atoms in total. The van der Waals surface area contributed by atoms with Gasteiger partial charge in [0.1, 0.15) is 11.9 Å². The Hall–Kier alpha value is -1.97. The number of benzene rings is 1. The van der Waals surface area contributed by atoms with Gasteiger partial charge in [-0.1, -0.05) is 13.3 Å². The Morgan fingerprint density at radius 3 is 2.91 bits per heavy atom. The second-order valence-electron chi connectivity index (χ2n) is 5.34. The van der Waals surface area contributed by atoms with E-state index in [-0.39, 0.29) is 12.1 Å². The monoisotopic (exact) mass is 304 g/mol. The summed E-state index contributed by atoms with van der Waals surface area (Å²) < 4.78 is 16.4. The molecular formula is C18H24O4. The number of ether oxygens (including phenoxy) is 3. The van der Waals surface area contributed by atoms with Crippen LogP contribution >= 0.6 is 0 Å². The molecule has 0 N–H and O–H groups in total. The summed E-state index contributed by atoms with van der Waals surface area (Å²) in [4.78, 5) is 11.6. The van der Waals surface area contributed by atoms with Gasteiger partial charge in [-0.15, -0.1) is 0 Å². The number of hydrogen-bond acceptors (Lipinski definition) is 4. The lowest BCUT2D eigenvalue weighted by atomic mass is 10.1. The summed E-state index contributed by atoms with van der Waals surface area (Å²) in [7, 11) is 1.39. The maximum absolute atomic E-state index is 11.6. The van der Waals surface area contributed by atoms with Crippen molar-refractivity contribution in [3.05, 3.63) is 41.2 Å². The van der Waals surface area contributed by atoms with Gasteiger partial charge < -0.3 is 14.2 Å². The van der Waals surface area contributed by atoms with E-state index in [9.17, 15) is 4.79 Å². The van der Waals surface area contributed by atoms with E-state index in [0.29, 0.717) is 12.2 Å². The molecule has 0 radical (unpaired) electrons. The Bertz CT molecular complexity index is 548. The van der Waals surface area contributed by atoms with Crippen LogP contribution in [0.15, 0.2) is 30.0 Å². The number of allylic oxidation sites excluding steroid dienone is 1. The van der Waals surface area contributed by atoms with Gasteiger partial charge in [0.2, 0.25) is 0 Å². The van der Waals surface area contributed by atoms with Crippen molar-refractivity contribution < 1.29 is 19.0 Å². The van der Waals surface area contributed by atoms with Crippen LogP contribution in [0, 0.1) is 0 Å². The van der Waals surface area contributed by atoms with E-state index in [4.69, 9.17) is 14.2 Å². The maximum Gasteiger partial charge on any atom is 0.337 e. The fourth-order valence-corrected chi connectivity index (χ4v) is 2.56. The Morgan fingerprint density at radius 1 is 1.41 bits per heavy atom. The highest BCUT2D eigenvalue weighted by atomic mass is 16.5. The van der Waals surface area contributed by atoms with Gasteiger partial charge in [0, 0.05) is 12.8 Å². The molecule has 0 aliphatic carbocycles. The van der Waals surface area contributed by atoms with Crippen molar-refractivity contribution >= 4 is 5.97 Å². The molecule has 0 spiro atoms. The Kier molecular flexibility index (Phi) is 5.87. The summed E-state index contributed by atoms with van der Waals surface area (Å²) in [6.07, 6.45) is 5.98. The predicted molar refractivity (Wildman–Crippen MR) is 85.1 cm³/mol. The normalized spacial score (nSPS) is 16.9. The zero-order valence-corrected chi connectivity index (χ0v) is 13.6. The molecule has 1 unspecified atom stereocenters. The van der Waals surface area contributed by atoms with Crippen molar-refractivity contribution in [2.75, 3.05) is 13.7 Å². The molecular weight excluding hydrogens is 280 g/mol. The first-order chi connectivity index (χ1) is 10.7. The zero-order chi connectivity index (χ0) is 15.9. The molecule has 1 aliphatic rings. The van der Waals surface area contributed by atoms with Crippen molar-refractivity contribution in [2.45, 2.75) is 45.6 Å². The highest BCUT2D eigenvalue weighted by Gasteiger charge is 2.23. The van der Waals surface area contributed by atoms with E-state index < -0.39 is 0 Å². The van der Waals surface area contributed by atoms with E-state index in [1.54, 1.807) is 6.07 Å². The molecule has 1 aliphatic heterocycles. The number of rotatable bonds is 7. The van der Waals surface area contributed by atoms with E-state index in [1.807, 2.05) is 19.1 Å². The lowest BCUT2D eigenvalue weighted by Gasteiger charge is -2.11. The summed E-state index contributed by atoms with van der Waals surface area (Å²) in [6, 6.07) is 5.42. The summed E-state index contributed by atoms with van der Waals surface area (Å²) in [5.74, 6) is 1.51. The molecule has 120 valence electrons. The van der Waals surface area contributed by atoms with Gasteiger partial charge in [0.15, 0.2) is 0 Å². The second-order valence-corrected chi connectivity index (χ2v) is 5.34. The first-order valence-electron chi connectivity index (χ1n) is 7.89. The van der Waals surface area contributed by atoms with Gasteiger partial charge in [-0.25, -0.2) is 4.79 Å². The molecule has 0 aromatic heterocycles. The standard InChI is InChI=1S/C18H24O4/c1-4-6-7-15(21-5-2)12-16-11-14-10-13(18(19)20-3)8-9-17(14)22-16/h8-10,12,16H,4-7,11H2,1-3H3/b15-12+. The Balaban J connectivity index is 2.08. The average Bonchev–Trinajstić information content (AvgIpc) is 2.93.